The van der Waals surface area contributed by atoms with Crippen LogP contribution >= 0.6 is 15.9 Å². The van der Waals surface area contributed by atoms with Crippen LogP contribution in [-0.4, -0.2) is 47.9 Å². The van der Waals surface area contributed by atoms with Gasteiger partial charge in [-0.15, -0.1) is 0 Å². The van der Waals surface area contributed by atoms with Gasteiger partial charge in [0.05, 0.1) is 23.2 Å². The van der Waals surface area contributed by atoms with E-state index in [4.69, 9.17) is 4.74 Å². The molecule has 0 bridgehead atoms. The van der Waals surface area contributed by atoms with Gasteiger partial charge in [-0.05, 0) is 6.07 Å². The van der Waals surface area contributed by atoms with Crippen molar-refractivity contribution >= 4 is 27.5 Å². The van der Waals surface area contributed by atoms with Crippen molar-refractivity contribution in [2.75, 3.05) is 32.1 Å². The monoisotopic (exact) mass is 366 g/mol. The van der Waals surface area contributed by atoms with Crippen molar-refractivity contribution in [3.05, 3.63) is 39.4 Å². The smallest absolute Gasteiger partial charge is 0.308 e. The number of methoxy groups -OCH3 is 1. The van der Waals surface area contributed by atoms with Crippen molar-refractivity contribution in [3.63, 3.8) is 0 Å². The second-order valence-corrected chi connectivity index (χ2v) is 4.81. The molecule has 1 amide bonds. The van der Waals surface area contributed by atoms with Gasteiger partial charge in [0.1, 0.15) is 5.82 Å². The van der Waals surface area contributed by atoms with Gasteiger partial charge in [-0.1, -0.05) is 15.9 Å². The average molecular weight is 367 g/mol. The predicted molar refractivity (Wildman–Crippen MR) is 74.6 cm³/mol. The second-order valence-electron chi connectivity index (χ2n) is 4.02. The number of carbonyl (C=O) groups excluding carboxylic acids is 1. The number of halogens is 3. The predicted octanol–water partition coefficient (Wildman–Crippen LogP) is 2.36. The summed E-state index contributed by atoms with van der Waals surface area (Å²) in [4.78, 5) is 23.0. The Bertz CT molecular complexity index is 542. The van der Waals surface area contributed by atoms with Gasteiger partial charge in [0.25, 0.3) is 5.91 Å². The lowest BCUT2D eigenvalue weighted by molar-refractivity contribution is -0.387. The van der Waals surface area contributed by atoms with Crippen molar-refractivity contribution in [1.82, 2.24) is 4.90 Å². The van der Waals surface area contributed by atoms with Crippen LogP contribution in [0, 0.1) is 21.7 Å². The zero-order valence-electron chi connectivity index (χ0n) is 11.1. The van der Waals surface area contributed by atoms with E-state index in [1.54, 1.807) is 0 Å². The van der Waals surface area contributed by atoms with Gasteiger partial charge in [-0.3, -0.25) is 14.9 Å². The molecule has 6 nitrogen and oxygen atoms in total. The minimum Gasteiger partial charge on any atom is -0.383 e. The third kappa shape index (κ3) is 4.43. The number of nitrogens with zero attached hydrogens (tertiary/aromatic N) is 2. The maximum atomic E-state index is 14.0. The summed E-state index contributed by atoms with van der Waals surface area (Å²) in [5.74, 6) is -3.22. The van der Waals surface area contributed by atoms with E-state index in [0.29, 0.717) is 17.5 Å². The highest BCUT2D eigenvalue weighted by Crippen LogP contribution is 2.23. The van der Waals surface area contributed by atoms with Crippen molar-refractivity contribution in [1.29, 1.82) is 0 Å². The number of nitro benzene ring substituents is 1. The normalized spacial score (nSPS) is 10.5. The number of alkyl halides is 1. The van der Waals surface area contributed by atoms with E-state index in [-0.39, 0.29) is 19.7 Å². The number of hydrogen-bond donors (Lipinski definition) is 0. The van der Waals surface area contributed by atoms with E-state index < -0.39 is 33.7 Å². The van der Waals surface area contributed by atoms with Crippen LogP contribution in [-0.2, 0) is 4.74 Å². The summed E-state index contributed by atoms with van der Waals surface area (Å²) in [5.41, 5.74) is -1.73. The van der Waals surface area contributed by atoms with Crippen molar-refractivity contribution in [2.45, 2.75) is 0 Å². The highest BCUT2D eigenvalue weighted by atomic mass is 79.9. The molecule has 0 atom stereocenters. The molecule has 1 rings (SSSR count). The molecule has 1 aromatic carbocycles. The van der Waals surface area contributed by atoms with Crippen LogP contribution in [0.15, 0.2) is 12.1 Å². The first kappa shape index (κ1) is 17.4. The van der Waals surface area contributed by atoms with Gasteiger partial charge in [0.2, 0.25) is 5.82 Å². The zero-order valence-corrected chi connectivity index (χ0v) is 12.7. The number of ether oxygens (including phenoxy) is 1. The molecule has 116 valence electrons. The lowest BCUT2D eigenvalue weighted by Gasteiger charge is -2.21. The molecule has 0 saturated carbocycles. The molecule has 21 heavy (non-hydrogen) atoms. The maximum absolute atomic E-state index is 14.0. The summed E-state index contributed by atoms with van der Waals surface area (Å²) in [5, 5.41) is 11.1. The molecule has 0 unspecified atom stereocenters. The Morgan fingerprint density at radius 2 is 2.10 bits per heavy atom. The summed E-state index contributed by atoms with van der Waals surface area (Å²) in [6, 6.07) is 1.09. The first-order valence-electron chi connectivity index (χ1n) is 5.90. The Labute approximate surface area is 128 Å². The van der Waals surface area contributed by atoms with E-state index >= 15 is 0 Å². The highest BCUT2D eigenvalue weighted by molar-refractivity contribution is 9.09. The summed E-state index contributed by atoms with van der Waals surface area (Å²) in [6.07, 6.45) is 0. The Balaban J connectivity index is 3.17. The first-order valence-corrected chi connectivity index (χ1v) is 7.02. The zero-order chi connectivity index (χ0) is 16.0. The van der Waals surface area contributed by atoms with Crippen LogP contribution in [0.25, 0.3) is 0 Å². The van der Waals surface area contributed by atoms with Crippen molar-refractivity contribution in [2.24, 2.45) is 0 Å². The van der Waals surface area contributed by atoms with E-state index in [0.717, 1.165) is 0 Å². The molecule has 0 aliphatic carbocycles. The fourth-order valence-corrected chi connectivity index (χ4v) is 2.08. The van der Waals surface area contributed by atoms with Crippen molar-refractivity contribution in [3.8, 4) is 0 Å². The summed E-state index contributed by atoms with van der Waals surface area (Å²) < 4.78 is 32.2. The van der Waals surface area contributed by atoms with Gasteiger partial charge >= 0.3 is 5.69 Å². The molecule has 0 saturated heterocycles. The third-order valence-corrected chi connectivity index (χ3v) is 3.01. The lowest BCUT2D eigenvalue weighted by atomic mass is 10.1. The molecule has 0 aliphatic heterocycles. The Kier molecular flexibility index (Phi) is 6.63. The largest absolute Gasteiger partial charge is 0.383 e. The number of rotatable bonds is 7. The fourth-order valence-electron chi connectivity index (χ4n) is 1.65. The van der Waals surface area contributed by atoms with E-state index in [1.165, 1.54) is 12.0 Å². The van der Waals surface area contributed by atoms with Crippen molar-refractivity contribution < 1.29 is 23.2 Å². The summed E-state index contributed by atoms with van der Waals surface area (Å²) in [7, 11) is 1.43. The number of amides is 1. The standard InChI is InChI=1S/C12H13BrF2N2O4/c1-21-5-4-16(3-2-13)12(18)9-6-8(14)7-10(11(9)15)17(19)20/h6-7H,2-5H2,1H3. The quantitative estimate of drug-likeness (QED) is 0.421. The molecule has 9 heteroatoms. The average Bonchev–Trinajstić information content (AvgIpc) is 2.44. The summed E-state index contributed by atoms with van der Waals surface area (Å²) >= 11 is 3.14. The molecule has 0 aromatic heterocycles. The molecule has 0 N–H and O–H groups in total. The third-order valence-electron chi connectivity index (χ3n) is 2.65. The molecule has 0 radical (unpaired) electrons. The van der Waals surface area contributed by atoms with Crippen LogP contribution in [0.4, 0.5) is 14.5 Å². The minimum absolute atomic E-state index is 0.157. The Morgan fingerprint density at radius 3 is 2.62 bits per heavy atom. The minimum atomic E-state index is -1.34. The number of carbonyl (C=O) groups is 1. The summed E-state index contributed by atoms with van der Waals surface area (Å²) in [6.45, 7) is 0.592. The van der Waals surface area contributed by atoms with Crippen LogP contribution < -0.4 is 0 Å². The molecular weight excluding hydrogens is 354 g/mol. The molecule has 0 heterocycles. The number of nitro groups is 1. The van der Waals surface area contributed by atoms with E-state index in [2.05, 4.69) is 15.9 Å². The first-order chi connectivity index (χ1) is 9.92. The van der Waals surface area contributed by atoms with E-state index in [1.807, 2.05) is 0 Å². The molecule has 0 spiro atoms. The van der Waals surface area contributed by atoms with Crippen LogP contribution in [0.1, 0.15) is 10.4 Å². The highest BCUT2D eigenvalue weighted by Gasteiger charge is 2.26. The molecule has 0 fully saturated rings. The topological polar surface area (TPSA) is 72.7 Å². The maximum Gasteiger partial charge on any atom is 0.308 e. The van der Waals surface area contributed by atoms with Gasteiger partial charge in [0, 0.05) is 25.5 Å². The van der Waals surface area contributed by atoms with Crippen LogP contribution in [0.3, 0.4) is 0 Å². The second kappa shape index (κ2) is 7.99. The SMILES string of the molecule is COCCN(CCBr)C(=O)c1cc(F)cc([N+](=O)[O-])c1F. The molecular formula is C12H13BrF2N2O4. The van der Waals surface area contributed by atoms with Gasteiger partial charge in [-0.25, -0.2) is 4.39 Å². The van der Waals surface area contributed by atoms with Gasteiger partial charge < -0.3 is 9.64 Å². The van der Waals surface area contributed by atoms with Gasteiger partial charge in [-0.2, -0.15) is 4.39 Å². The van der Waals surface area contributed by atoms with E-state index in [9.17, 15) is 23.7 Å². The number of benzene rings is 1. The lowest BCUT2D eigenvalue weighted by Crippen LogP contribution is -2.36. The fraction of sp³-hybridized carbons (Fsp3) is 0.417. The Morgan fingerprint density at radius 1 is 1.43 bits per heavy atom. The molecule has 0 aliphatic rings. The van der Waals surface area contributed by atoms with Gasteiger partial charge in [0.15, 0.2) is 0 Å². The van der Waals surface area contributed by atoms with Crippen LogP contribution in [0.5, 0.6) is 0 Å². The van der Waals surface area contributed by atoms with Crippen LogP contribution in [0.2, 0.25) is 0 Å². The number of hydrogen-bond acceptors (Lipinski definition) is 4. The molecule has 1 aromatic rings. The Hall–Kier alpha value is -1.61.